The van der Waals surface area contributed by atoms with Crippen molar-refractivity contribution in [3.63, 3.8) is 0 Å². The van der Waals surface area contributed by atoms with Crippen molar-refractivity contribution in [2.75, 3.05) is 52.9 Å². The summed E-state index contributed by atoms with van der Waals surface area (Å²) in [6.07, 6.45) is 1.88. The molecule has 0 unspecified atom stereocenters. The maximum Gasteiger partial charge on any atom is 0.147 e. The van der Waals surface area contributed by atoms with E-state index in [9.17, 15) is 20.4 Å². The van der Waals surface area contributed by atoms with Crippen LogP contribution in [0.25, 0.3) is 0 Å². The van der Waals surface area contributed by atoms with Crippen molar-refractivity contribution in [3.8, 4) is 23.0 Å². The second-order valence-electron chi connectivity index (χ2n) is 20.3. The van der Waals surface area contributed by atoms with Crippen LogP contribution in [0.4, 0.5) is 0 Å². The molecule has 0 fully saturated rings. The third-order valence-electron chi connectivity index (χ3n) is 10.6. The van der Waals surface area contributed by atoms with Crippen LogP contribution in [0.2, 0.25) is 0 Å². The third-order valence-corrected chi connectivity index (χ3v) is 14.8. The highest BCUT2D eigenvalue weighted by atomic mass is 32.2. The lowest BCUT2D eigenvalue weighted by Crippen LogP contribution is -2.14. The summed E-state index contributed by atoms with van der Waals surface area (Å²) < 4.78 is 27.1. The van der Waals surface area contributed by atoms with Crippen molar-refractivity contribution in [1.82, 2.24) is 0 Å². The number of hydrogen-bond acceptors (Lipinski definition) is 12. The van der Waals surface area contributed by atoms with Crippen molar-refractivity contribution in [3.05, 3.63) is 70.8 Å². The van der Waals surface area contributed by atoms with Gasteiger partial charge in [0.05, 0.1) is 65.6 Å². The van der Waals surface area contributed by atoms with Gasteiger partial charge in [-0.3, -0.25) is 0 Å². The topological polar surface area (TPSA) is 118 Å². The van der Waals surface area contributed by atoms with Gasteiger partial charge < -0.3 is 39.4 Å². The van der Waals surface area contributed by atoms with E-state index in [1.807, 2.05) is 0 Å². The highest BCUT2D eigenvalue weighted by Crippen LogP contribution is 2.56. The van der Waals surface area contributed by atoms with E-state index in [4.69, 9.17) is 18.9 Å². The highest BCUT2D eigenvalue weighted by Gasteiger charge is 2.30. The van der Waals surface area contributed by atoms with Crippen LogP contribution in [0.1, 0.15) is 131 Å². The van der Waals surface area contributed by atoms with Crippen LogP contribution in [0.3, 0.4) is 0 Å². The van der Waals surface area contributed by atoms with E-state index in [1.54, 1.807) is 47.0 Å². The van der Waals surface area contributed by atoms with Crippen LogP contribution < -0.4 is 18.9 Å². The standard InChI is InChI=1S/C52H72O8S4/c1-49(2,3)33-25-37-45(57-21-13-17-53)38(26-33)62-40-28-35(51(7,8)9)30-42(47(40)59-23-15-19-55)64-44-32-36(52(10,11)12)31-43(48(44)60-24-16-20-56)63-41-29-34(50(4,5)6)27-39(61-37)46(41)58-22-14-18-54/h25-32,53-56H,13-24H2,1-12H3. The zero-order valence-corrected chi connectivity index (χ0v) is 43.4. The van der Waals surface area contributed by atoms with E-state index < -0.39 is 0 Å². The number of hydrogen-bond donors (Lipinski definition) is 4. The molecule has 8 nitrogen and oxygen atoms in total. The van der Waals surface area contributed by atoms with Crippen molar-refractivity contribution in [2.45, 2.75) is 170 Å². The van der Waals surface area contributed by atoms with E-state index >= 15 is 0 Å². The van der Waals surface area contributed by atoms with Gasteiger partial charge in [-0.05, 0) is 92.4 Å². The van der Waals surface area contributed by atoms with Crippen molar-refractivity contribution in [2.24, 2.45) is 0 Å². The summed E-state index contributed by atoms with van der Waals surface area (Å²) in [5.74, 6) is 2.88. The maximum absolute atomic E-state index is 9.95. The number of aliphatic hydroxyl groups excluding tert-OH is 4. The third kappa shape index (κ3) is 13.7. The number of benzene rings is 4. The zero-order valence-electron chi connectivity index (χ0n) is 40.2. The summed E-state index contributed by atoms with van der Waals surface area (Å²) >= 11 is 6.46. The molecule has 8 bridgehead atoms. The van der Waals surface area contributed by atoms with Crippen LogP contribution >= 0.6 is 47.0 Å². The van der Waals surface area contributed by atoms with Gasteiger partial charge in [-0.25, -0.2) is 0 Å². The lowest BCUT2D eigenvalue weighted by Gasteiger charge is -2.28. The second kappa shape index (κ2) is 22.4. The Bertz CT molecular complexity index is 1790. The molecule has 0 aromatic heterocycles. The van der Waals surface area contributed by atoms with Gasteiger partial charge in [0.25, 0.3) is 0 Å². The van der Waals surface area contributed by atoms with E-state index in [1.165, 1.54) is 0 Å². The first-order valence-electron chi connectivity index (χ1n) is 22.5. The molecule has 0 saturated heterocycles. The first-order valence-corrected chi connectivity index (χ1v) is 25.8. The lowest BCUT2D eigenvalue weighted by atomic mass is 9.87. The van der Waals surface area contributed by atoms with Crippen LogP contribution in [-0.2, 0) is 21.7 Å². The average Bonchev–Trinajstić information content (AvgIpc) is 3.19. The van der Waals surface area contributed by atoms with Gasteiger partial charge in [0.15, 0.2) is 0 Å². The fraction of sp³-hybridized carbons (Fsp3) is 0.538. The Morgan fingerprint density at radius 3 is 0.594 bits per heavy atom. The highest BCUT2D eigenvalue weighted by molar-refractivity contribution is 8.01. The first-order chi connectivity index (χ1) is 30.1. The molecule has 0 amide bonds. The Hall–Kier alpha value is -2.68. The van der Waals surface area contributed by atoms with E-state index in [0.717, 1.165) is 84.4 Å². The smallest absolute Gasteiger partial charge is 0.147 e. The minimum Gasteiger partial charge on any atom is -0.491 e. The van der Waals surface area contributed by atoms with Gasteiger partial charge in [-0.1, -0.05) is 130 Å². The molecule has 12 heteroatoms. The Morgan fingerprint density at radius 1 is 0.312 bits per heavy atom. The number of ether oxygens (including phenoxy) is 4. The predicted molar refractivity (Wildman–Crippen MR) is 266 cm³/mol. The summed E-state index contributed by atoms with van der Waals surface area (Å²) in [7, 11) is 0. The lowest BCUT2D eigenvalue weighted by molar-refractivity contribution is 0.227. The van der Waals surface area contributed by atoms with E-state index in [0.29, 0.717) is 52.1 Å². The molecule has 5 rings (SSSR count). The summed E-state index contributed by atoms with van der Waals surface area (Å²) in [6, 6.07) is 17.9. The van der Waals surface area contributed by atoms with Gasteiger partial charge in [-0.15, -0.1) is 0 Å². The Balaban J connectivity index is 2.01. The predicted octanol–water partition coefficient (Wildman–Crippen LogP) is 12.8. The molecule has 0 atom stereocenters. The van der Waals surface area contributed by atoms with Crippen LogP contribution in [0.5, 0.6) is 23.0 Å². The molecular weight excluding hydrogens is 881 g/mol. The fourth-order valence-corrected chi connectivity index (χ4v) is 11.4. The number of rotatable bonds is 16. The normalized spacial score (nSPS) is 13.5. The summed E-state index contributed by atoms with van der Waals surface area (Å²) in [4.78, 5) is 7.36. The van der Waals surface area contributed by atoms with Gasteiger partial charge >= 0.3 is 0 Å². The summed E-state index contributed by atoms with van der Waals surface area (Å²) in [6.45, 7) is 28.0. The van der Waals surface area contributed by atoms with Gasteiger partial charge in [-0.2, -0.15) is 0 Å². The van der Waals surface area contributed by atoms with Crippen molar-refractivity contribution >= 4 is 47.0 Å². The zero-order chi connectivity index (χ0) is 47.0. The largest absolute Gasteiger partial charge is 0.491 e. The van der Waals surface area contributed by atoms with Crippen molar-refractivity contribution < 1.29 is 39.4 Å². The SMILES string of the molecule is CC(C)(C)c1cc2c(OCCCO)c(c1)Sc1cc(C(C)(C)C)cc(c1OCCCO)Sc1cc(C(C)(C)C)cc(c1OCCCO)Sc1cc(C(C)(C)C)cc(c1OCCCO)S2. The Morgan fingerprint density at radius 2 is 0.469 bits per heavy atom. The van der Waals surface area contributed by atoms with E-state index in [-0.39, 0.29) is 48.1 Å². The molecule has 352 valence electrons. The average molecular weight is 953 g/mol. The molecule has 0 aliphatic carbocycles. The van der Waals surface area contributed by atoms with Crippen LogP contribution in [-0.4, -0.2) is 73.3 Å². The molecule has 4 aromatic carbocycles. The molecule has 0 spiro atoms. The monoisotopic (exact) mass is 952 g/mol. The Labute approximate surface area is 400 Å². The molecule has 1 heterocycles. The molecule has 1 aliphatic rings. The molecule has 4 aromatic rings. The Kier molecular flexibility index (Phi) is 18.3. The fourth-order valence-electron chi connectivity index (χ4n) is 6.64. The van der Waals surface area contributed by atoms with E-state index in [2.05, 4.69) is 132 Å². The molecular formula is C52H72O8S4. The van der Waals surface area contributed by atoms with Crippen molar-refractivity contribution in [1.29, 1.82) is 0 Å². The number of fused-ring (bicyclic) bond motifs is 8. The molecule has 1 aliphatic heterocycles. The van der Waals surface area contributed by atoms with Crippen LogP contribution in [0.15, 0.2) is 87.7 Å². The minimum atomic E-state index is -0.224. The van der Waals surface area contributed by atoms with Crippen LogP contribution in [0, 0.1) is 0 Å². The first kappa shape index (κ1) is 52.3. The molecule has 0 saturated carbocycles. The molecule has 64 heavy (non-hydrogen) atoms. The summed E-state index contributed by atoms with van der Waals surface area (Å²) in [5, 5.41) is 39.8. The second-order valence-corrected chi connectivity index (χ2v) is 24.7. The van der Waals surface area contributed by atoms with Gasteiger partial charge in [0.1, 0.15) is 23.0 Å². The maximum atomic E-state index is 9.95. The summed E-state index contributed by atoms with van der Waals surface area (Å²) in [5.41, 5.74) is 3.65. The minimum absolute atomic E-state index is 0.00190. The van der Waals surface area contributed by atoms with Gasteiger partial charge in [0.2, 0.25) is 0 Å². The molecule has 0 radical (unpaired) electrons. The van der Waals surface area contributed by atoms with Gasteiger partial charge in [0, 0.05) is 52.1 Å². The quantitative estimate of drug-likeness (QED) is 0.0706. The molecule has 4 N–H and O–H groups in total. The number of aliphatic hydroxyl groups is 4.